The van der Waals surface area contributed by atoms with Gasteiger partial charge in [-0.1, -0.05) is 29.8 Å². The first-order valence-electron chi connectivity index (χ1n) is 8.76. The summed E-state index contributed by atoms with van der Waals surface area (Å²) in [6, 6.07) is 14.0. The Morgan fingerprint density at radius 3 is 3.00 bits per heavy atom. The molecule has 3 aromatic rings. The molecule has 1 amide bonds. The Morgan fingerprint density at radius 2 is 2.15 bits per heavy atom. The second-order valence-electron chi connectivity index (χ2n) is 6.61. The molecule has 1 aliphatic rings. The Bertz CT molecular complexity index is 922. The number of thiazole rings is 1. The normalized spacial score (nSPS) is 17.7. The highest BCUT2D eigenvalue weighted by atomic mass is 35.5. The van der Waals surface area contributed by atoms with Gasteiger partial charge in [0.25, 0.3) is 0 Å². The Labute approximate surface area is 161 Å². The van der Waals surface area contributed by atoms with Crippen molar-refractivity contribution in [3.05, 3.63) is 58.1 Å². The van der Waals surface area contributed by atoms with E-state index in [4.69, 9.17) is 16.6 Å². The standard InChI is InChI=1S/C20H20ClN3OS/c1-13-14(21)6-4-8-15(13)22-19(25)12-24-11-5-9-17(24)20-23-16-7-2-3-10-18(16)26-20/h2-4,6-8,10,17H,5,9,11-12H2,1H3,(H,22,25)/t17-/m1/s1. The first-order chi connectivity index (χ1) is 12.6. The Hall–Kier alpha value is -1.95. The van der Waals surface area contributed by atoms with Crippen LogP contribution in [0.5, 0.6) is 0 Å². The van der Waals surface area contributed by atoms with Gasteiger partial charge in [0.2, 0.25) is 5.91 Å². The predicted octanol–water partition coefficient (Wildman–Crippen LogP) is 5.03. The van der Waals surface area contributed by atoms with Crippen molar-refractivity contribution in [1.29, 1.82) is 0 Å². The number of nitrogens with one attached hydrogen (secondary N) is 1. The van der Waals surface area contributed by atoms with Crippen molar-refractivity contribution < 1.29 is 4.79 Å². The average Bonchev–Trinajstić information content (AvgIpc) is 3.25. The Balaban J connectivity index is 1.48. The summed E-state index contributed by atoms with van der Waals surface area (Å²) in [5.74, 6) is -0.0108. The molecule has 1 N–H and O–H groups in total. The van der Waals surface area contributed by atoms with Crippen molar-refractivity contribution in [2.45, 2.75) is 25.8 Å². The van der Waals surface area contributed by atoms with Crippen LogP contribution in [0.3, 0.4) is 0 Å². The van der Waals surface area contributed by atoms with Crippen molar-refractivity contribution >= 4 is 44.7 Å². The van der Waals surface area contributed by atoms with E-state index in [1.54, 1.807) is 11.3 Å². The number of amides is 1. The van der Waals surface area contributed by atoms with Crippen molar-refractivity contribution in [2.75, 3.05) is 18.4 Å². The van der Waals surface area contributed by atoms with E-state index >= 15 is 0 Å². The summed E-state index contributed by atoms with van der Waals surface area (Å²) in [6.07, 6.45) is 2.13. The maximum absolute atomic E-state index is 12.6. The first-order valence-corrected chi connectivity index (χ1v) is 9.96. The number of hydrogen-bond acceptors (Lipinski definition) is 4. The van der Waals surface area contributed by atoms with E-state index in [2.05, 4.69) is 16.3 Å². The van der Waals surface area contributed by atoms with Crippen LogP contribution in [0.15, 0.2) is 42.5 Å². The zero-order valence-electron chi connectivity index (χ0n) is 14.5. The third-order valence-corrected chi connectivity index (χ3v) is 6.39. The van der Waals surface area contributed by atoms with E-state index in [0.717, 1.165) is 41.2 Å². The van der Waals surface area contributed by atoms with E-state index < -0.39 is 0 Å². The number of anilines is 1. The lowest BCUT2D eigenvalue weighted by Gasteiger charge is -2.22. The van der Waals surface area contributed by atoms with Gasteiger partial charge >= 0.3 is 0 Å². The quantitative estimate of drug-likeness (QED) is 0.684. The zero-order valence-corrected chi connectivity index (χ0v) is 16.1. The van der Waals surface area contributed by atoms with Gasteiger partial charge in [0.15, 0.2) is 0 Å². The molecule has 6 heteroatoms. The second-order valence-corrected chi connectivity index (χ2v) is 8.08. The minimum absolute atomic E-state index is 0.0108. The van der Waals surface area contributed by atoms with Crippen molar-refractivity contribution in [2.24, 2.45) is 0 Å². The summed E-state index contributed by atoms with van der Waals surface area (Å²) in [7, 11) is 0. The van der Waals surface area contributed by atoms with Gasteiger partial charge in [0, 0.05) is 10.7 Å². The number of halogens is 1. The van der Waals surface area contributed by atoms with Crippen LogP contribution in [0.1, 0.15) is 29.5 Å². The molecule has 0 saturated carbocycles. The lowest BCUT2D eigenvalue weighted by atomic mass is 10.2. The van der Waals surface area contributed by atoms with E-state index in [0.29, 0.717) is 11.6 Å². The number of hydrogen-bond donors (Lipinski definition) is 1. The molecule has 0 spiro atoms. The van der Waals surface area contributed by atoms with Crippen LogP contribution in [-0.2, 0) is 4.79 Å². The van der Waals surface area contributed by atoms with Crippen molar-refractivity contribution in [3.8, 4) is 0 Å². The molecular formula is C20H20ClN3OS. The van der Waals surface area contributed by atoms with Gasteiger partial charge < -0.3 is 5.32 Å². The molecule has 4 rings (SSSR count). The first kappa shape index (κ1) is 17.5. The van der Waals surface area contributed by atoms with Gasteiger partial charge in [-0.3, -0.25) is 9.69 Å². The molecule has 0 unspecified atom stereocenters. The topological polar surface area (TPSA) is 45.2 Å². The predicted molar refractivity (Wildman–Crippen MR) is 108 cm³/mol. The van der Waals surface area contributed by atoms with Gasteiger partial charge in [-0.05, 0) is 56.1 Å². The maximum atomic E-state index is 12.6. The molecule has 1 aromatic heterocycles. The van der Waals surface area contributed by atoms with E-state index in [9.17, 15) is 4.79 Å². The second kappa shape index (κ2) is 7.35. The highest BCUT2D eigenvalue weighted by molar-refractivity contribution is 7.18. The van der Waals surface area contributed by atoms with Gasteiger partial charge in [-0.15, -0.1) is 11.3 Å². The van der Waals surface area contributed by atoms with Crippen LogP contribution >= 0.6 is 22.9 Å². The lowest BCUT2D eigenvalue weighted by Crippen LogP contribution is -2.33. The summed E-state index contributed by atoms with van der Waals surface area (Å²) >= 11 is 7.87. The highest BCUT2D eigenvalue weighted by Crippen LogP contribution is 2.36. The number of carbonyl (C=O) groups is 1. The minimum Gasteiger partial charge on any atom is -0.325 e. The third kappa shape index (κ3) is 3.47. The highest BCUT2D eigenvalue weighted by Gasteiger charge is 2.30. The monoisotopic (exact) mass is 385 g/mol. The SMILES string of the molecule is Cc1c(Cl)cccc1NC(=O)CN1CCC[C@@H]1c1nc2ccccc2s1. The summed E-state index contributed by atoms with van der Waals surface area (Å²) in [5.41, 5.74) is 2.71. The molecule has 0 bridgehead atoms. The van der Waals surface area contributed by atoms with Gasteiger partial charge in [0.1, 0.15) is 5.01 Å². The van der Waals surface area contributed by atoms with Crippen LogP contribution in [0.4, 0.5) is 5.69 Å². The smallest absolute Gasteiger partial charge is 0.238 e. The van der Waals surface area contributed by atoms with Crippen LogP contribution in [0.25, 0.3) is 10.2 Å². The number of rotatable bonds is 4. The molecule has 2 aromatic carbocycles. The summed E-state index contributed by atoms with van der Waals surface area (Å²) in [4.78, 5) is 19.6. The maximum Gasteiger partial charge on any atom is 0.238 e. The van der Waals surface area contributed by atoms with Gasteiger partial charge in [0.05, 0.1) is 22.8 Å². The zero-order chi connectivity index (χ0) is 18.1. The van der Waals surface area contributed by atoms with Gasteiger partial charge in [-0.2, -0.15) is 0 Å². The Morgan fingerprint density at radius 1 is 1.31 bits per heavy atom. The van der Waals surface area contributed by atoms with Crippen molar-refractivity contribution in [1.82, 2.24) is 9.88 Å². The number of para-hydroxylation sites is 1. The molecule has 1 saturated heterocycles. The number of likely N-dealkylation sites (tertiary alicyclic amines) is 1. The minimum atomic E-state index is -0.0108. The van der Waals surface area contributed by atoms with Crippen LogP contribution in [0.2, 0.25) is 5.02 Å². The molecule has 0 radical (unpaired) electrons. The van der Waals surface area contributed by atoms with E-state index in [-0.39, 0.29) is 11.9 Å². The summed E-state index contributed by atoms with van der Waals surface area (Å²) < 4.78 is 1.20. The average molecular weight is 386 g/mol. The van der Waals surface area contributed by atoms with E-state index in [1.165, 1.54) is 4.70 Å². The molecular weight excluding hydrogens is 366 g/mol. The lowest BCUT2D eigenvalue weighted by molar-refractivity contribution is -0.117. The molecule has 0 aliphatic carbocycles. The largest absolute Gasteiger partial charge is 0.325 e. The molecule has 26 heavy (non-hydrogen) atoms. The number of carbonyl (C=O) groups excluding carboxylic acids is 1. The number of benzene rings is 2. The fraction of sp³-hybridized carbons (Fsp3) is 0.300. The molecule has 1 fully saturated rings. The van der Waals surface area contributed by atoms with Crippen molar-refractivity contribution in [3.63, 3.8) is 0 Å². The molecule has 1 atom stereocenters. The van der Waals surface area contributed by atoms with Crippen LogP contribution in [0, 0.1) is 6.92 Å². The number of nitrogens with zero attached hydrogens (tertiary/aromatic N) is 2. The van der Waals surface area contributed by atoms with E-state index in [1.807, 2.05) is 43.3 Å². The van der Waals surface area contributed by atoms with Crippen LogP contribution < -0.4 is 5.32 Å². The molecule has 4 nitrogen and oxygen atoms in total. The molecule has 2 heterocycles. The fourth-order valence-corrected chi connectivity index (χ4v) is 4.76. The third-order valence-electron chi connectivity index (χ3n) is 4.85. The van der Waals surface area contributed by atoms with Crippen LogP contribution in [-0.4, -0.2) is 28.9 Å². The molecule has 134 valence electrons. The summed E-state index contributed by atoms with van der Waals surface area (Å²) in [5, 5.41) is 4.76. The number of aromatic nitrogens is 1. The Kier molecular flexibility index (Phi) is 4.94. The molecule has 1 aliphatic heterocycles. The fourth-order valence-electron chi connectivity index (χ4n) is 3.44. The number of fused-ring (bicyclic) bond motifs is 1. The summed E-state index contributed by atoms with van der Waals surface area (Å²) in [6.45, 7) is 3.20. The van der Waals surface area contributed by atoms with Gasteiger partial charge in [-0.25, -0.2) is 4.98 Å².